The third kappa shape index (κ3) is 2.89. The number of hydrogen-bond donors (Lipinski definition) is 2. The van der Waals surface area contributed by atoms with Crippen molar-refractivity contribution >= 4 is 16.8 Å². The van der Waals surface area contributed by atoms with Crippen LogP contribution in [-0.4, -0.2) is 11.0 Å². The maximum Gasteiger partial charge on any atom is 0.417 e. The van der Waals surface area contributed by atoms with Crippen LogP contribution in [0, 0.1) is 5.92 Å². The van der Waals surface area contributed by atoms with Gasteiger partial charge in [0.1, 0.15) is 0 Å². The number of oxazole rings is 1. The minimum Gasteiger partial charge on any atom is -0.408 e. The molecule has 0 amide bonds. The molecule has 0 saturated heterocycles. The maximum absolute atomic E-state index is 11.2. The molecule has 0 aliphatic heterocycles. The first-order valence-corrected chi connectivity index (χ1v) is 7.64. The number of rotatable bonds is 3. The second-order valence-corrected chi connectivity index (χ2v) is 5.85. The normalized spacial score (nSPS) is 23.6. The van der Waals surface area contributed by atoms with Crippen molar-refractivity contribution in [2.24, 2.45) is 5.92 Å². The Balaban J connectivity index is 1.70. The van der Waals surface area contributed by atoms with Gasteiger partial charge in [-0.05, 0) is 43.4 Å². The number of benzene rings is 1. The van der Waals surface area contributed by atoms with Crippen LogP contribution in [0.3, 0.4) is 0 Å². The third-order valence-electron chi connectivity index (χ3n) is 4.46. The van der Waals surface area contributed by atoms with Gasteiger partial charge in [0.05, 0.1) is 5.52 Å². The SMILES string of the molecule is CCC1CCCC(Nc2ccc3oc(=O)[nH]c3c2)CC1. The van der Waals surface area contributed by atoms with E-state index in [4.69, 9.17) is 4.42 Å². The van der Waals surface area contributed by atoms with Crippen molar-refractivity contribution in [3.8, 4) is 0 Å². The Kier molecular flexibility index (Phi) is 3.81. The van der Waals surface area contributed by atoms with Crippen LogP contribution in [0.15, 0.2) is 27.4 Å². The maximum atomic E-state index is 11.2. The van der Waals surface area contributed by atoms with E-state index in [-0.39, 0.29) is 0 Å². The van der Waals surface area contributed by atoms with Gasteiger partial charge >= 0.3 is 5.76 Å². The van der Waals surface area contributed by atoms with Gasteiger partial charge in [-0.1, -0.05) is 26.2 Å². The van der Waals surface area contributed by atoms with Gasteiger partial charge in [0.25, 0.3) is 0 Å². The fourth-order valence-corrected chi connectivity index (χ4v) is 3.21. The van der Waals surface area contributed by atoms with Gasteiger partial charge in [-0.2, -0.15) is 0 Å². The lowest BCUT2D eigenvalue weighted by Gasteiger charge is -2.18. The molecule has 1 heterocycles. The number of hydrogen-bond acceptors (Lipinski definition) is 3. The van der Waals surface area contributed by atoms with Crippen molar-refractivity contribution in [2.75, 3.05) is 5.32 Å². The predicted molar refractivity (Wildman–Crippen MR) is 81.1 cm³/mol. The molecule has 2 aromatic rings. The van der Waals surface area contributed by atoms with Crippen molar-refractivity contribution in [3.05, 3.63) is 28.7 Å². The van der Waals surface area contributed by atoms with Crippen LogP contribution < -0.4 is 11.1 Å². The van der Waals surface area contributed by atoms with Gasteiger partial charge in [-0.3, -0.25) is 4.98 Å². The van der Waals surface area contributed by atoms with Crippen LogP contribution in [-0.2, 0) is 0 Å². The molecule has 20 heavy (non-hydrogen) atoms. The van der Waals surface area contributed by atoms with E-state index in [1.807, 2.05) is 18.2 Å². The average Bonchev–Trinajstić information content (AvgIpc) is 2.66. The lowest BCUT2D eigenvalue weighted by atomic mass is 9.98. The molecule has 3 rings (SSSR count). The van der Waals surface area contributed by atoms with E-state index in [0.29, 0.717) is 11.6 Å². The summed E-state index contributed by atoms with van der Waals surface area (Å²) in [4.78, 5) is 13.9. The zero-order chi connectivity index (χ0) is 13.9. The Hall–Kier alpha value is -1.71. The Morgan fingerprint density at radius 3 is 3.05 bits per heavy atom. The zero-order valence-electron chi connectivity index (χ0n) is 11.9. The summed E-state index contributed by atoms with van der Waals surface area (Å²) in [6.07, 6.45) is 7.76. The van der Waals surface area contributed by atoms with Crippen LogP contribution in [0.5, 0.6) is 0 Å². The number of anilines is 1. The fourth-order valence-electron chi connectivity index (χ4n) is 3.21. The molecule has 0 radical (unpaired) electrons. The van der Waals surface area contributed by atoms with E-state index >= 15 is 0 Å². The van der Waals surface area contributed by atoms with Crippen molar-refractivity contribution in [1.29, 1.82) is 0 Å². The Labute approximate surface area is 118 Å². The third-order valence-corrected chi connectivity index (χ3v) is 4.46. The summed E-state index contributed by atoms with van der Waals surface area (Å²) >= 11 is 0. The van der Waals surface area contributed by atoms with E-state index in [1.165, 1.54) is 38.5 Å². The molecule has 4 heteroatoms. The van der Waals surface area contributed by atoms with Crippen LogP contribution in [0.25, 0.3) is 11.1 Å². The standard InChI is InChI=1S/C16H22N2O2/c1-2-11-4-3-5-12(7-6-11)17-13-8-9-15-14(10-13)18-16(19)20-15/h8-12,17H,2-7H2,1H3,(H,18,19). The summed E-state index contributed by atoms with van der Waals surface area (Å²) in [7, 11) is 0. The first-order chi connectivity index (χ1) is 9.74. The van der Waals surface area contributed by atoms with Gasteiger partial charge in [0, 0.05) is 11.7 Å². The molecule has 1 aliphatic carbocycles. The molecule has 2 N–H and O–H groups in total. The summed E-state index contributed by atoms with van der Waals surface area (Å²) < 4.78 is 5.02. The molecule has 0 spiro atoms. The van der Waals surface area contributed by atoms with Crippen LogP contribution in [0.4, 0.5) is 5.69 Å². The first-order valence-electron chi connectivity index (χ1n) is 7.64. The fraction of sp³-hybridized carbons (Fsp3) is 0.562. The minimum atomic E-state index is -0.391. The van der Waals surface area contributed by atoms with Crippen molar-refractivity contribution in [1.82, 2.24) is 4.98 Å². The molecular weight excluding hydrogens is 252 g/mol. The molecule has 4 nitrogen and oxygen atoms in total. The van der Waals surface area contributed by atoms with Gasteiger partial charge < -0.3 is 9.73 Å². The molecule has 1 aliphatic rings. The van der Waals surface area contributed by atoms with Crippen LogP contribution >= 0.6 is 0 Å². The highest BCUT2D eigenvalue weighted by atomic mass is 16.4. The summed E-state index contributed by atoms with van der Waals surface area (Å²) in [5.41, 5.74) is 2.45. The van der Waals surface area contributed by atoms with Crippen LogP contribution in [0.2, 0.25) is 0 Å². The highest BCUT2D eigenvalue weighted by Crippen LogP contribution is 2.27. The smallest absolute Gasteiger partial charge is 0.408 e. The van der Waals surface area contributed by atoms with E-state index < -0.39 is 5.76 Å². The summed E-state index contributed by atoms with van der Waals surface area (Å²) in [6.45, 7) is 2.29. The van der Waals surface area contributed by atoms with E-state index in [1.54, 1.807) is 0 Å². The summed E-state index contributed by atoms with van der Waals surface area (Å²) in [5.74, 6) is 0.506. The van der Waals surface area contributed by atoms with Crippen LogP contribution in [0.1, 0.15) is 45.4 Å². The van der Waals surface area contributed by atoms with E-state index in [2.05, 4.69) is 17.2 Å². The Morgan fingerprint density at radius 2 is 2.20 bits per heavy atom. The topological polar surface area (TPSA) is 58.0 Å². The molecule has 1 fully saturated rings. The quantitative estimate of drug-likeness (QED) is 0.835. The Bertz CT molecular complexity index is 629. The second-order valence-electron chi connectivity index (χ2n) is 5.85. The number of aromatic amines is 1. The lowest BCUT2D eigenvalue weighted by molar-refractivity contribution is 0.444. The van der Waals surface area contributed by atoms with Gasteiger partial charge in [-0.25, -0.2) is 4.79 Å². The van der Waals surface area contributed by atoms with Crippen molar-refractivity contribution in [3.63, 3.8) is 0 Å². The number of fused-ring (bicyclic) bond motifs is 1. The molecule has 1 saturated carbocycles. The monoisotopic (exact) mass is 274 g/mol. The molecule has 0 bridgehead atoms. The largest absolute Gasteiger partial charge is 0.417 e. The van der Waals surface area contributed by atoms with Crippen molar-refractivity contribution in [2.45, 2.75) is 51.5 Å². The molecule has 1 aromatic heterocycles. The predicted octanol–water partition coefficient (Wildman–Crippen LogP) is 3.89. The summed E-state index contributed by atoms with van der Waals surface area (Å²) in [6, 6.07) is 6.34. The molecule has 2 atom stereocenters. The van der Waals surface area contributed by atoms with E-state index in [0.717, 1.165) is 17.1 Å². The van der Waals surface area contributed by atoms with Gasteiger partial charge in [0.15, 0.2) is 5.58 Å². The molecular formula is C16H22N2O2. The molecule has 108 valence electrons. The summed E-state index contributed by atoms with van der Waals surface area (Å²) in [5, 5.41) is 3.60. The Morgan fingerprint density at radius 1 is 1.30 bits per heavy atom. The van der Waals surface area contributed by atoms with Gasteiger partial charge in [0.2, 0.25) is 0 Å². The number of nitrogens with one attached hydrogen (secondary N) is 2. The first kappa shape index (κ1) is 13.3. The van der Waals surface area contributed by atoms with Crippen molar-refractivity contribution < 1.29 is 4.42 Å². The molecule has 2 unspecified atom stereocenters. The zero-order valence-corrected chi connectivity index (χ0v) is 11.9. The second kappa shape index (κ2) is 5.73. The highest BCUT2D eigenvalue weighted by molar-refractivity contribution is 5.76. The minimum absolute atomic E-state index is 0.391. The van der Waals surface area contributed by atoms with Gasteiger partial charge in [-0.15, -0.1) is 0 Å². The lowest BCUT2D eigenvalue weighted by Crippen LogP contribution is -2.18. The van der Waals surface area contributed by atoms with E-state index in [9.17, 15) is 4.79 Å². The number of aromatic nitrogens is 1. The molecule has 1 aromatic carbocycles. The highest BCUT2D eigenvalue weighted by Gasteiger charge is 2.17. The number of H-pyrrole nitrogens is 1. The average molecular weight is 274 g/mol.